The zero-order chi connectivity index (χ0) is 36.1. The number of alkyl halides is 8. The van der Waals surface area contributed by atoms with Crippen LogP contribution in [0.25, 0.3) is 21.9 Å². The smallest absolute Gasteiger partial charge is 0.431 e. The SMILES string of the molecule is Cn1c(C(F)(F)F)cc(C(F)(F)F)c(-c2cccc3c(C[C@H](NC(=O)C4(C)CCC(N5CCC(F)(F)CC5)CC4)C(=O)O)cccc23)c1=O. The van der Waals surface area contributed by atoms with Crippen molar-refractivity contribution in [3.05, 3.63) is 69.6 Å². The first-order valence-corrected chi connectivity index (χ1v) is 15.8. The average Bonchev–Trinajstić information content (AvgIpc) is 3.01. The van der Waals surface area contributed by atoms with Crippen molar-refractivity contribution in [1.29, 1.82) is 0 Å². The molecule has 0 spiro atoms. The van der Waals surface area contributed by atoms with Crippen LogP contribution in [0.5, 0.6) is 0 Å². The molecule has 2 aromatic carbocycles. The number of likely N-dealkylation sites (tertiary alicyclic amines) is 1. The first kappa shape index (κ1) is 36.3. The Hall–Kier alpha value is -4.01. The molecule has 1 amide bonds. The Bertz CT molecular complexity index is 1800. The molecule has 2 N–H and O–H groups in total. The summed E-state index contributed by atoms with van der Waals surface area (Å²) in [6.07, 6.45) is -9.33. The number of aliphatic carboxylic acids is 1. The number of aromatic nitrogens is 1. The van der Waals surface area contributed by atoms with Gasteiger partial charge in [-0.25, -0.2) is 13.6 Å². The van der Waals surface area contributed by atoms with Gasteiger partial charge in [0.05, 0.1) is 11.1 Å². The van der Waals surface area contributed by atoms with Gasteiger partial charge in [-0.3, -0.25) is 14.5 Å². The van der Waals surface area contributed by atoms with Crippen molar-refractivity contribution in [3.8, 4) is 11.1 Å². The van der Waals surface area contributed by atoms with Crippen molar-refractivity contribution in [1.82, 2.24) is 14.8 Å². The number of hydrogen-bond donors (Lipinski definition) is 2. The highest BCUT2D eigenvalue weighted by atomic mass is 19.4. The lowest BCUT2D eigenvalue weighted by molar-refractivity contribution is -0.147. The number of halogens is 8. The van der Waals surface area contributed by atoms with Gasteiger partial charge in [0.15, 0.2) is 0 Å². The van der Waals surface area contributed by atoms with Gasteiger partial charge in [0.2, 0.25) is 5.91 Å². The summed E-state index contributed by atoms with van der Waals surface area (Å²) in [5.41, 5.74) is -6.95. The molecule has 0 radical (unpaired) electrons. The largest absolute Gasteiger partial charge is 0.480 e. The summed E-state index contributed by atoms with van der Waals surface area (Å²) in [5.74, 6) is -4.56. The van der Waals surface area contributed by atoms with Crippen molar-refractivity contribution in [3.63, 3.8) is 0 Å². The van der Waals surface area contributed by atoms with E-state index in [0.29, 0.717) is 31.2 Å². The Balaban J connectivity index is 1.41. The summed E-state index contributed by atoms with van der Waals surface area (Å²) in [7, 11) is 0.730. The molecule has 1 saturated heterocycles. The summed E-state index contributed by atoms with van der Waals surface area (Å²) < 4.78 is 110. The van der Waals surface area contributed by atoms with Crippen molar-refractivity contribution >= 4 is 22.6 Å². The fourth-order valence-corrected chi connectivity index (χ4v) is 7.03. The number of carboxylic acids is 1. The van der Waals surface area contributed by atoms with Crippen molar-refractivity contribution < 1.29 is 49.8 Å². The van der Waals surface area contributed by atoms with Gasteiger partial charge < -0.3 is 15.0 Å². The van der Waals surface area contributed by atoms with Gasteiger partial charge in [0, 0.05) is 50.9 Å². The molecule has 1 aromatic heterocycles. The number of piperidine rings is 1. The predicted molar refractivity (Wildman–Crippen MR) is 164 cm³/mol. The van der Waals surface area contributed by atoms with E-state index < -0.39 is 64.0 Å². The molecule has 0 bridgehead atoms. The number of nitrogens with zero attached hydrogens (tertiary/aromatic N) is 2. The third kappa shape index (κ3) is 7.46. The van der Waals surface area contributed by atoms with Crippen LogP contribution in [0.2, 0.25) is 0 Å². The lowest BCUT2D eigenvalue weighted by Gasteiger charge is -2.43. The zero-order valence-corrected chi connectivity index (χ0v) is 26.7. The van der Waals surface area contributed by atoms with E-state index in [2.05, 4.69) is 5.32 Å². The number of rotatable bonds is 7. The Morgan fingerprint density at radius 1 is 0.939 bits per heavy atom. The summed E-state index contributed by atoms with van der Waals surface area (Å²) in [5, 5.41) is 13.0. The molecular weight excluding hydrogens is 666 g/mol. The van der Waals surface area contributed by atoms with Crippen LogP contribution in [-0.2, 0) is 35.4 Å². The fourth-order valence-electron chi connectivity index (χ4n) is 7.03. The molecule has 7 nitrogen and oxygen atoms in total. The monoisotopic (exact) mass is 701 g/mol. The second kappa shape index (κ2) is 13.0. The van der Waals surface area contributed by atoms with Crippen LogP contribution in [-0.4, -0.2) is 57.5 Å². The number of carboxylic acid groups (broad SMARTS) is 1. The molecule has 2 heterocycles. The molecule has 15 heteroatoms. The molecule has 0 unspecified atom stereocenters. The van der Waals surface area contributed by atoms with Crippen LogP contribution in [0, 0.1) is 5.41 Å². The molecule has 1 aliphatic heterocycles. The van der Waals surface area contributed by atoms with Crippen LogP contribution in [0.1, 0.15) is 62.3 Å². The van der Waals surface area contributed by atoms with Gasteiger partial charge in [0.1, 0.15) is 11.7 Å². The maximum Gasteiger partial charge on any atom is 0.431 e. The van der Waals surface area contributed by atoms with E-state index in [1.807, 2.05) is 4.90 Å². The number of hydrogen-bond acceptors (Lipinski definition) is 4. The molecule has 2 aliphatic rings. The average molecular weight is 702 g/mol. The highest BCUT2D eigenvalue weighted by Crippen LogP contribution is 2.42. The Morgan fingerprint density at radius 3 is 2.10 bits per heavy atom. The molecule has 2 fully saturated rings. The Morgan fingerprint density at radius 2 is 1.53 bits per heavy atom. The number of amides is 1. The maximum absolute atomic E-state index is 14.2. The molecule has 1 atom stereocenters. The standard InChI is InChI=1S/C34H35F8N3O4/c1-31(11-9-20(10-12-31)45-15-13-32(35,36)14-16-45)30(49)43-25(29(47)48)17-19-5-3-7-22-21(19)6-4-8-23(22)27-24(33(37,38)39)18-26(34(40,41)42)44(2)28(27)46/h3-8,18,20,25H,9-17H2,1-2H3,(H,43,49)(H,47,48)/t20?,25-,31?/m0/s1. The Kier molecular flexibility index (Phi) is 9.65. The van der Waals surface area contributed by atoms with Crippen LogP contribution < -0.4 is 10.9 Å². The van der Waals surface area contributed by atoms with Gasteiger partial charge >= 0.3 is 18.3 Å². The third-order valence-electron chi connectivity index (χ3n) is 9.99. The van der Waals surface area contributed by atoms with Crippen LogP contribution >= 0.6 is 0 Å². The maximum atomic E-state index is 14.2. The molecule has 5 rings (SSSR count). The van der Waals surface area contributed by atoms with Gasteiger partial charge in [-0.15, -0.1) is 0 Å². The molecule has 3 aromatic rings. The first-order valence-electron chi connectivity index (χ1n) is 15.8. The molecule has 49 heavy (non-hydrogen) atoms. The van der Waals surface area contributed by atoms with E-state index in [4.69, 9.17) is 0 Å². The normalized spacial score (nSPS) is 22.5. The summed E-state index contributed by atoms with van der Waals surface area (Å²) in [6.45, 7) is 2.24. The fraction of sp³-hybridized carbons (Fsp3) is 0.500. The second-order valence-electron chi connectivity index (χ2n) is 13.2. The van der Waals surface area contributed by atoms with E-state index in [-0.39, 0.29) is 65.4 Å². The molecule has 1 aliphatic carbocycles. The van der Waals surface area contributed by atoms with Crippen LogP contribution in [0.4, 0.5) is 35.1 Å². The molecule has 266 valence electrons. The second-order valence-corrected chi connectivity index (χ2v) is 13.2. The quantitative estimate of drug-likeness (QED) is 0.258. The number of fused-ring (bicyclic) bond motifs is 1. The van der Waals surface area contributed by atoms with Crippen molar-refractivity contribution in [2.75, 3.05) is 13.1 Å². The highest BCUT2D eigenvalue weighted by molar-refractivity contribution is 5.99. The topological polar surface area (TPSA) is 91.6 Å². The van der Waals surface area contributed by atoms with Crippen molar-refractivity contribution in [2.45, 2.75) is 82.2 Å². The number of benzene rings is 2. The number of pyridine rings is 1. The number of carbonyl (C=O) groups is 2. The van der Waals surface area contributed by atoms with E-state index in [1.165, 1.54) is 36.4 Å². The predicted octanol–water partition coefficient (Wildman–Crippen LogP) is 7.04. The van der Waals surface area contributed by atoms with E-state index in [0.717, 1.165) is 7.05 Å². The van der Waals surface area contributed by atoms with Gasteiger partial charge in [-0.05, 0) is 53.6 Å². The summed E-state index contributed by atoms with van der Waals surface area (Å²) >= 11 is 0. The Labute approximate surface area is 275 Å². The minimum absolute atomic E-state index is 0.0384. The first-order chi connectivity index (χ1) is 22.7. The third-order valence-corrected chi connectivity index (χ3v) is 9.99. The van der Waals surface area contributed by atoms with E-state index >= 15 is 0 Å². The minimum Gasteiger partial charge on any atom is -0.480 e. The van der Waals surface area contributed by atoms with Gasteiger partial charge in [-0.1, -0.05) is 43.3 Å². The molecule has 1 saturated carbocycles. The highest BCUT2D eigenvalue weighted by Gasteiger charge is 2.44. The van der Waals surface area contributed by atoms with Gasteiger partial charge in [0.25, 0.3) is 11.5 Å². The summed E-state index contributed by atoms with van der Waals surface area (Å²) in [4.78, 5) is 41.0. The van der Waals surface area contributed by atoms with Crippen LogP contribution in [0.3, 0.4) is 0 Å². The minimum atomic E-state index is -5.32. The number of nitrogens with one attached hydrogen (secondary N) is 1. The van der Waals surface area contributed by atoms with Crippen molar-refractivity contribution in [2.24, 2.45) is 12.5 Å². The lowest BCUT2D eigenvalue weighted by atomic mass is 9.72. The van der Waals surface area contributed by atoms with E-state index in [1.54, 1.807) is 6.92 Å². The lowest BCUT2D eigenvalue weighted by Crippen LogP contribution is -2.52. The summed E-state index contributed by atoms with van der Waals surface area (Å²) in [6, 6.07) is 6.76. The zero-order valence-electron chi connectivity index (χ0n) is 26.7. The van der Waals surface area contributed by atoms with Crippen LogP contribution in [0.15, 0.2) is 47.3 Å². The van der Waals surface area contributed by atoms with Gasteiger partial charge in [-0.2, -0.15) is 26.3 Å². The molecular formula is C34H35F8N3O4. The van der Waals surface area contributed by atoms with E-state index in [9.17, 15) is 54.6 Å². The number of carbonyl (C=O) groups excluding carboxylic acids is 1.